The molecule has 0 unspecified atom stereocenters. The number of ether oxygens (including phenoxy) is 1. The number of nitrogens with zero attached hydrogens (tertiary/aromatic N) is 2. The number of nitrogens with one attached hydrogen (secondary N) is 1. The fourth-order valence-electron chi connectivity index (χ4n) is 0.975. The maximum absolute atomic E-state index is 11.2. The molecular weight excluding hydrogens is 208 g/mol. The van der Waals surface area contributed by atoms with Crippen molar-refractivity contribution in [3.63, 3.8) is 0 Å². The quantitative estimate of drug-likeness (QED) is 0.735. The van der Waals surface area contributed by atoms with Crippen LogP contribution >= 0.6 is 0 Å². The van der Waals surface area contributed by atoms with E-state index in [1.165, 1.54) is 12.4 Å². The third kappa shape index (κ3) is 4.22. The number of carbonyl (C=O) groups is 1. The molecule has 0 saturated carbocycles. The number of hydrogen-bond donors (Lipinski definition) is 2. The second-order valence-electron chi connectivity index (χ2n) is 3.21. The van der Waals surface area contributed by atoms with E-state index >= 15 is 0 Å². The zero-order valence-corrected chi connectivity index (χ0v) is 9.27. The van der Waals surface area contributed by atoms with Gasteiger partial charge in [-0.2, -0.15) is 0 Å². The van der Waals surface area contributed by atoms with Crippen molar-refractivity contribution in [2.45, 2.75) is 26.3 Å². The van der Waals surface area contributed by atoms with Gasteiger partial charge in [-0.3, -0.25) is 10.3 Å². The highest BCUT2D eigenvalue weighted by Gasteiger charge is 2.03. The van der Waals surface area contributed by atoms with Crippen LogP contribution in [-0.2, 0) is 11.3 Å². The molecule has 1 rings (SSSR count). The van der Waals surface area contributed by atoms with E-state index < -0.39 is 6.09 Å². The highest BCUT2D eigenvalue weighted by atomic mass is 16.5. The van der Waals surface area contributed by atoms with Crippen LogP contribution in [0, 0.1) is 0 Å². The smallest absolute Gasteiger partial charge is 0.412 e. The number of anilines is 1. The van der Waals surface area contributed by atoms with Gasteiger partial charge in [-0.25, -0.2) is 9.78 Å². The molecule has 0 aliphatic heterocycles. The fraction of sp³-hybridized carbons (Fsp3) is 0.500. The summed E-state index contributed by atoms with van der Waals surface area (Å²) in [5, 5.41) is 2.48. The zero-order valence-electron chi connectivity index (χ0n) is 9.27. The van der Waals surface area contributed by atoms with Crippen molar-refractivity contribution >= 4 is 11.9 Å². The summed E-state index contributed by atoms with van der Waals surface area (Å²) in [5.74, 6) is 0.360. The molecule has 1 aromatic rings. The molecular formula is C10H16N4O2. The molecule has 88 valence electrons. The molecule has 6 heteroatoms. The molecule has 0 fully saturated rings. The first kappa shape index (κ1) is 12.4. The average molecular weight is 224 g/mol. The molecule has 3 N–H and O–H groups in total. The number of aromatic nitrogens is 2. The van der Waals surface area contributed by atoms with Crippen molar-refractivity contribution in [2.24, 2.45) is 5.73 Å². The number of carbonyl (C=O) groups excluding carboxylic acids is 1. The van der Waals surface area contributed by atoms with Gasteiger partial charge in [0.25, 0.3) is 0 Å². The van der Waals surface area contributed by atoms with Crippen LogP contribution in [0.25, 0.3) is 0 Å². The molecule has 0 aliphatic carbocycles. The van der Waals surface area contributed by atoms with Gasteiger partial charge in [0.05, 0.1) is 24.7 Å². The lowest BCUT2D eigenvalue weighted by Crippen LogP contribution is -2.15. The predicted molar refractivity (Wildman–Crippen MR) is 59.8 cm³/mol. The van der Waals surface area contributed by atoms with E-state index in [1.54, 1.807) is 0 Å². The summed E-state index contributed by atoms with van der Waals surface area (Å²) in [7, 11) is 0. The topological polar surface area (TPSA) is 90.1 Å². The summed E-state index contributed by atoms with van der Waals surface area (Å²) >= 11 is 0. The van der Waals surface area contributed by atoms with Crippen LogP contribution in [0.4, 0.5) is 10.6 Å². The molecule has 0 radical (unpaired) electrons. The van der Waals surface area contributed by atoms with E-state index in [9.17, 15) is 4.79 Å². The maximum Gasteiger partial charge on any atom is 0.412 e. The Kier molecular flexibility index (Phi) is 5.21. The van der Waals surface area contributed by atoms with Gasteiger partial charge in [-0.05, 0) is 6.42 Å². The molecule has 0 bridgehead atoms. The van der Waals surface area contributed by atoms with Crippen molar-refractivity contribution in [3.8, 4) is 0 Å². The monoisotopic (exact) mass is 224 g/mol. The van der Waals surface area contributed by atoms with Crippen molar-refractivity contribution in [1.82, 2.24) is 9.97 Å². The van der Waals surface area contributed by atoms with Crippen LogP contribution in [0.15, 0.2) is 12.4 Å². The van der Waals surface area contributed by atoms with Crippen LogP contribution in [0.2, 0.25) is 0 Å². The molecule has 0 atom stereocenters. The highest BCUT2D eigenvalue weighted by molar-refractivity contribution is 5.82. The van der Waals surface area contributed by atoms with Gasteiger partial charge >= 0.3 is 6.09 Å². The predicted octanol–water partition coefficient (Wildman–Crippen LogP) is 1.28. The van der Waals surface area contributed by atoms with Crippen LogP contribution in [0.1, 0.15) is 25.5 Å². The Morgan fingerprint density at radius 3 is 2.88 bits per heavy atom. The molecule has 1 amide bonds. The van der Waals surface area contributed by atoms with E-state index in [4.69, 9.17) is 10.5 Å². The Morgan fingerprint density at radius 1 is 1.50 bits per heavy atom. The molecule has 0 aliphatic rings. The summed E-state index contributed by atoms with van der Waals surface area (Å²) in [4.78, 5) is 19.2. The molecule has 16 heavy (non-hydrogen) atoms. The SMILES string of the molecule is CCCCOC(=O)Nc1cnc(CN)cn1. The minimum absolute atomic E-state index is 0.328. The van der Waals surface area contributed by atoms with Crippen molar-refractivity contribution in [2.75, 3.05) is 11.9 Å². The Balaban J connectivity index is 2.37. The van der Waals surface area contributed by atoms with Gasteiger partial charge in [0.1, 0.15) is 0 Å². The Labute approximate surface area is 94.2 Å². The van der Waals surface area contributed by atoms with Gasteiger partial charge in [0, 0.05) is 6.54 Å². The molecule has 1 heterocycles. The Hall–Kier alpha value is -1.69. The van der Waals surface area contributed by atoms with Gasteiger partial charge in [0.15, 0.2) is 5.82 Å². The van der Waals surface area contributed by atoms with Crippen LogP contribution in [-0.4, -0.2) is 22.7 Å². The summed E-state index contributed by atoms with van der Waals surface area (Å²) < 4.78 is 4.90. The largest absolute Gasteiger partial charge is 0.449 e. The second-order valence-corrected chi connectivity index (χ2v) is 3.21. The van der Waals surface area contributed by atoms with E-state index in [0.717, 1.165) is 12.8 Å². The standard InChI is InChI=1S/C10H16N4O2/c1-2-3-4-16-10(15)14-9-7-12-8(5-11)6-13-9/h6-7H,2-5,11H2,1H3,(H,13,14,15). The van der Waals surface area contributed by atoms with E-state index in [2.05, 4.69) is 15.3 Å². The molecule has 0 saturated heterocycles. The first-order valence-electron chi connectivity index (χ1n) is 5.21. The number of hydrogen-bond acceptors (Lipinski definition) is 5. The van der Waals surface area contributed by atoms with Gasteiger partial charge in [-0.1, -0.05) is 13.3 Å². The van der Waals surface area contributed by atoms with Crippen LogP contribution in [0.5, 0.6) is 0 Å². The number of unbranched alkanes of at least 4 members (excludes halogenated alkanes) is 1. The third-order valence-electron chi connectivity index (χ3n) is 1.88. The van der Waals surface area contributed by atoms with Crippen molar-refractivity contribution in [1.29, 1.82) is 0 Å². The van der Waals surface area contributed by atoms with Crippen molar-refractivity contribution < 1.29 is 9.53 Å². The molecule has 1 aromatic heterocycles. The zero-order chi connectivity index (χ0) is 11.8. The van der Waals surface area contributed by atoms with E-state index in [0.29, 0.717) is 24.7 Å². The Morgan fingerprint density at radius 2 is 2.31 bits per heavy atom. The lowest BCUT2D eigenvalue weighted by Gasteiger charge is -2.05. The van der Waals surface area contributed by atoms with Gasteiger partial charge in [-0.15, -0.1) is 0 Å². The summed E-state index contributed by atoms with van der Waals surface area (Å²) in [6, 6.07) is 0. The third-order valence-corrected chi connectivity index (χ3v) is 1.88. The van der Waals surface area contributed by atoms with Gasteiger partial charge in [0.2, 0.25) is 0 Å². The second kappa shape index (κ2) is 6.73. The molecule has 0 aromatic carbocycles. The average Bonchev–Trinajstić information content (AvgIpc) is 2.30. The molecule has 6 nitrogen and oxygen atoms in total. The maximum atomic E-state index is 11.2. The number of rotatable bonds is 5. The minimum atomic E-state index is -0.511. The number of amides is 1. The normalized spacial score (nSPS) is 9.88. The van der Waals surface area contributed by atoms with Gasteiger partial charge < -0.3 is 10.5 Å². The van der Waals surface area contributed by atoms with E-state index in [1.807, 2.05) is 6.92 Å². The highest BCUT2D eigenvalue weighted by Crippen LogP contribution is 2.01. The van der Waals surface area contributed by atoms with Crippen LogP contribution in [0.3, 0.4) is 0 Å². The minimum Gasteiger partial charge on any atom is -0.449 e. The lowest BCUT2D eigenvalue weighted by molar-refractivity contribution is 0.160. The Bertz CT molecular complexity index is 326. The summed E-state index contributed by atoms with van der Waals surface area (Å²) in [5.41, 5.74) is 6.04. The van der Waals surface area contributed by atoms with Crippen LogP contribution < -0.4 is 11.1 Å². The number of nitrogens with two attached hydrogens (primary N) is 1. The lowest BCUT2D eigenvalue weighted by atomic mass is 10.4. The van der Waals surface area contributed by atoms with Crippen molar-refractivity contribution in [3.05, 3.63) is 18.1 Å². The fourth-order valence-corrected chi connectivity index (χ4v) is 0.975. The molecule has 0 spiro atoms. The first-order valence-corrected chi connectivity index (χ1v) is 5.21. The summed E-state index contributed by atoms with van der Waals surface area (Å²) in [6.07, 6.45) is 4.29. The van der Waals surface area contributed by atoms with E-state index in [-0.39, 0.29) is 0 Å². The first-order chi connectivity index (χ1) is 7.76. The summed E-state index contributed by atoms with van der Waals surface area (Å²) in [6.45, 7) is 2.77.